The first kappa shape index (κ1) is 22.0. The summed E-state index contributed by atoms with van der Waals surface area (Å²) in [5, 5.41) is 11.9. The SMILES string of the molecule is CCOC(=O)/C(C#N)=C/Nc1ccccc1NS(=O)(=O)c1ccc2c(c1)OCCCO2. The number of ether oxygens (including phenoxy) is 3. The Hall–Kier alpha value is -3.71. The average Bonchev–Trinajstić information content (AvgIpc) is 3.00. The highest BCUT2D eigenvalue weighted by Gasteiger charge is 2.20. The summed E-state index contributed by atoms with van der Waals surface area (Å²) in [6.07, 6.45) is 1.87. The maximum absolute atomic E-state index is 12.9. The smallest absolute Gasteiger partial charge is 0.350 e. The van der Waals surface area contributed by atoms with Crippen molar-refractivity contribution in [1.29, 1.82) is 5.26 Å². The van der Waals surface area contributed by atoms with Gasteiger partial charge in [-0.2, -0.15) is 5.26 Å². The Morgan fingerprint density at radius 1 is 1.16 bits per heavy atom. The Morgan fingerprint density at radius 3 is 2.58 bits per heavy atom. The van der Waals surface area contributed by atoms with Crippen LogP contribution in [0.4, 0.5) is 11.4 Å². The molecule has 1 aliphatic rings. The van der Waals surface area contributed by atoms with E-state index in [2.05, 4.69) is 10.0 Å². The van der Waals surface area contributed by atoms with E-state index in [0.29, 0.717) is 36.8 Å². The van der Waals surface area contributed by atoms with Crippen molar-refractivity contribution in [3.63, 3.8) is 0 Å². The standard InChI is InChI=1S/C21H21N3O6S/c1-2-28-21(25)15(13-22)14-23-17-6-3-4-7-18(17)24-31(26,27)16-8-9-19-20(12-16)30-11-5-10-29-19/h3-4,6-9,12,14,23-24H,2,5,10-11H2,1H3/b15-14+. The fourth-order valence-electron chi connectivity index (χ4n) is 2.71. The van der Waals surface area contributed by atoms with Crippen LogP contribution >= 0.6 is 0 Å². The molecule has 3 rings (SSSR count). The average molecular weight is 443 g/mol. The van der Waals surface area contributed by atoms with Crippen LogP contribution < -0.4 is 19.5 Å². The summed E-state index contributed by atoms with van der Waals surface area (Å²) in [4.78, 5) is 11.8. The predicted octanol–water partition coefficient (Wildman–Crippen LogP) is 3.03. The van der Waals surface area contributed by atoms with Gasteiger partial charge in [0.25, 0.3) is 10.0 Å². The molecule has 0 saturated heterocycles. The third kappa shape index (κ3) is 5.46. The van der Waals surface area contributed by atoms with Gasteiger partial charge in [-0.15, -0.1) is 0 Å². The van der Waals surface area contributed by atoms with Crippen LogP contribution in [-0.2, 0) is 19.6 Å². The molecule has 2 aromatic carbocycles. The van der Waals surface area contributed by atoms with Gasteiger partial charge in [0, 0.05) is 18.7 Å². The summed E-state index contributed by atoms with van der Waals surface area (Å²) >= 11 is 0. The topological polar surface area (TPSA) is 127 Å². The summed E-state index contributed by atoms with van der Waals surface area (Å²) in [6, 6.07) is 12.6. The number of carbonyl (C=O) groups excluding carboxylic acids is 1. The molecule has 9 nitrogen and oxygen atoms in total. The van der Waals surface area contributed by atoms with Crippen LogP contribution in [0.15, 0.2) is 59.1 Å². The molecule has 2 N–H and O–H groups in total. The van der Waals surface area contributed by atoms with Crippen molar-refractivity contribution in [3.05, 3.63) is 54.2 Å². The van der Waals surface area contributed by atoms with Crippen LogP contribution in [0.2, 0.25) is 0 Å². The number of hydrogen-bond acceptors (Lipinski definition) is 8. The number of fused-ring (bicyclic) bond motifs is 1. The van der Waals surface area contributed by atoms with Gasteiger partial charge in [0.1, 0.15) is 6.07 Å². The largest absolute Gasteiger partial charge is 0.490 e. The Balaban J connectivity index is 1.84. The molecule has 0 unspecified atom stereocenters. The van der Waals surface area contributed by atoms with Crippen molar-refractivity contribution in [2.45, 2.75) is 18.2 Å². The molecule has 0 fully saturated rings. The lowest BCUT2D eigenvalue weighted by Crippen LogP contribution is -2.14. The molecule has 0 aliphatic carbocycles. The Labute approximate surface area is 180 Å². The summed E-state index contributed by atoms with van der Waals surface area (Å²) in [6.45, 7) is 2.69. The molecule has 0 aromatic heterocycles. The molecule has 0 bridgehead atoms. The van der Waals surface area contributed by atoms with Gasteiger partial charge in [0.05, 0.1) is 36.1 Å². The minimum absolute atomic E-state index is 0.00586. The molecule has 10 heteroatoms. The van der Waals surface area contributed by atoms with E-state index in [0.717, 1.165) is 0 Å². The fourth-order valence-corrected chi connectivity index (χ4v) is 3.80. The molecule has 1 aliphatic heterocycles. The molecule has 31 heavy (non-hydrogen) atoms. The number of hydrogen-bond donors (Lipinski definition) is 2. The number of esters is 1. The van der Waals surface area contributed by atoms with Crippen LogP contribution in [-0.4, -0.2) is 34.2 Å². The summed E-state index contributed by atoms with van der Waals surface area (Å²) in [7, 11) is -3.95. The van der Waals surface area contributed by atoms with Crippen molar-refractivity contribution < 1.29 is 27.4 Å². The maximum Gasteiger partial charge on any atom is 0.350 e. The number of anilines is 2. The molecule has 162 valence electrons. The predicted molar refractivity (Wildman–Crippen MR) is 113 cm³/mol. The van der Waals surface area contributed by atoms with E-state index >= 15 is 0 Å². The van der Waals surface area contributed by atoms with Gasteiger partial charge >= 0.3 is 5.97 Å². The van der Waals surface area contributed by atoms with Crippen LogP contribution in [0.25, 0.3) is 0 Å². The molecule has 0 atom stereocenters. The van der Waals surface area contributed by atoms with Crippen LogP contribution in [0.1, 0.15) is 13.3 Å². The summed E-state index contributed by atoms with van der Waals surface area (Å²) < 4.78 is 44.3. The van der Waals surface area contributed by atoms with Crippen LogP contribution in [0, 0.1) is 11.3 Å². The van der Waals surface area contributed by atoms with E-state index in [4.69, 9.17) is 19.5 Å². The van der Waals surface area contributed by atoms with Crippen LogP contribution in [0.3, 0.4) is 0 Å². The zero-order valence-electron chi connectivity index (χ0n) is 16.8. The van der Waals surface area contributed by atoms with E-state index in [1.165, 1.54) is 18.3 Å². The maximum atomic E-state index is 12.9. The number of nitrogens with one attached hydrogen (secondary N) is 2. The van der Waals surface area contributed by atoms with Gasteiger partial charge in [0.15, 0.2) is 17.1 Å². The number of nitrogens with zero attached hydrogens (tertiary/aromatic N) is 1. The first-order valence-corrected chi connectivity index (χ1v) is 11.0. The van der Waals surface area contributed by atoms with Crippen LogP contribution in [0.5, 0.6) is 11.5 Å². The van der Waals surface area contributed by atoms with Crippen molar-refractivity contribution in [3.8, 4) is 17.6 Å². The van der Waals surface area contributed by atoms with Gasteiger partial charge in [-0.25, -0.2) is 13.2 Å². The van der Waals surface area contributed by atoms with E-state index in [9.17, 15) is 13.2 Å². The van der Waals surface area contributed by atoms with Crippen molar-refractivity contribution >= 4 is 27.4 Å². The normalized spacial score (nSPS) is 13.5. The number of nitriles is 1. The zero-order valence-corrected chi connectivity index (χ0v) is 17.6. The number of sulfonamides is 1. The second-order valence-electron chi connectivity index (χ2n) is 6.34. The number of para-hydroxylation sites is 2. The fraction of sp³-hybridized carbons (Fsp3) is 0.238. The van der Waals surface area contributed by atoms with Crippen molar-refractivity contribution in [1.82, 2.24) is 0 Å². The zero-order chi connectivity index (χ0) is 22.3. The molecule has 0 spiro atoms. The first-order valence-electron chi connectivity index (χ1n) is 9.50. The van der Waals surface area contributed by atoms with E-state index in [1.807, 2.05) is 0 Å². The lowest BCUT2D eigenvalue weighted by Gasteiger charge is -2.14. The van der Waals surface area contributed by atoms with Gasteiger partial charge in [-0.1, -0.05) is 12.1 Å². The number of carbonyl (C=O) groups is 1. The van der Waals surface area contributed by atoms with Crippen molar-refractivity contribution in [2.75, 3.05) is 29.9 Å². The molecule has 0 amide bonds. The van der Waals surface area contributed by atoms with E-state index < -0.39 is 16.0 Å². The van der Waals surface area contributed by atoms with E-state index in [-0.39, 0.29) is 22.8 Å². The third-order valence-electron chi connectivity index (χ3n) is 4.19. The Morgan fingerprint density at radius 2 is 1.87 bits per heavy atom. The van der Waals surface area contributed by atoms with Gasteiger partial charge < -0.3 is 19.5 Å². The third-order valence-corrected chi connectivity index (χ3v) is 5.55. The summed E-state index contributed by atoms with van der Waals surface area (Å²) in [5.41, 5.74) is 0.326. The summed E-state index contributed by atoms with van der Waals surface area (Å²) in [5.74, 6) is 0.0808. The second kappa shape index (κ2) is 9.86. The van der Waals surface area contributed by atoms with Gasteiger partial charge in [0.2, 0.25) is 0 Å². The highest BCUT2D eigenvalue weighted by atomic mass is 32.2. The lowest BCUT2D eigenvalue weighted by molar-refractivity contribution is -0.138. The molecule has 1 heterocycles. The Bertz CT molecular complexity index is 1140. The quantitative estimate of drug-likeness (QED) is 0.380. The van der Waals surface area contributed by atoms with Gasteiger partial charge in [-0.05, 0) is 31.2 Å². The molecule has 2 aromatic rings. The lowest BCUT2D eigenvalue weighted by atomic mass is 10.2. The number of rotatable bonds is 7. The monoisotopic (exact) mass is 443 g/mol. The Kier molecular flexibility index (Phi) is 6.99. The molecular formula is C21H21N3O6S. The van der Waals surface area contributed by atoms with Crippen molar-refractivity contribution in [2.24, 2.45) is 0 Å². The highest BCUT2D eigenvalue weighted by Crippen LogP contribution is 2.33. The molecule has 0 saturated carbocycles. The number of benzene rings is 2. The first-order chi connectivity index (χ1) is 14.9. The van der Waals surface area contributed by atoms with E-state index in [1.54, 1.807) is 43.3 Å². The van der Waals surface area contributed by atoms with Gasteiger partial charge in [-0.3, -0.25) is 4.72 Å². The molecule has 0 radical (unpaired) electrons. The minimum atomic E-state index is -3.95. The molecular weight excluding hydrogens is 422 g/mol. The second-order valence-corrected chi connectivity index (χ2v) is 8.03. The highest BCUT2D eigenvalue weighted by molar-refractivity contribution is 7.92. The minimum Gasteiger partial charge on any atom is -0.490 e.